The van der Waals surface area contributed by atoms with Gasteiger partial charge >= 0.3 is 0 Å². The van der Waals surface area contributed by atoms with Crippen LogP contribution in [0.25, 0.3) is 0 Å². The molecule has 122 valence electrons. The van der Waals surface area contributed by atoms with Crippen LogP contribution in [0.2, 0.25) is 0 Å². The van der Waals surface area contributed by atoms with Gasteiger partial charge < -0.3 is 9.84 Å². The summed E-state index contributed by atoms with van der Waals surface area (Å²) in [4.78, 5) is 12.2. The van der Waals surface area contributed by atoms with Crippen LogP contribution in [-0.2, 0) is 23.0 Å². The van der Waals surface area contributed by atoms with E-state index in [1.54, 1.807) is 25.1 Å². The third-order valence-electron chi connectivity index (χ3n) is 3.80. The minimum Gasteiger partial charge on any atom is -0.351 e. The van der Waals surface area contributed by atoms with Crippen LogP contribution in [0.5, 0.6) is 0 Å². The number of anilines is 1. The van der Waals surface area contributed by atoms with Crippen LogP contribution in [-0.4, -0.2) is 36.6 Å². The van der Waals surface area contributed by atoms with E-state index in [9.17, 15) is 13.2 Å². The summed E-state index contributed by atoms with van der Waals surface area (Å²) in [6.45, 7) is 2.46. The normalized spacial score (nSPS) is 15.2. The van der Waals surface area contributed by atoms with Gasteiger partial charge in [0.15, 0.2) is 0 Å². The molecule has 0 unspecified atom stereocenters. The molecule has 2 heterocycles. The summed E-state index contributed by atoms with van der Waals surface area (Å²) in [5.74, 6) is -0.224. The van der Waals surface area contributed by atoms with E-state index < -0.39 is 10.0 Å². The molecule has 0 aliphatic carbocycles. The third kappa shape index (κ3) is 3.27. The van der Waals surface area contributed by atoms with Crippen molar-refractivity contribution in [1.82, 2.24) is 9.46 Å². The van der Waals surface area contributed by atoms with Crippen molar-refractivity contribution in [3.05, 3.63) is 46.8 Å². The van der Waals surface area contributed by atoms with Crippen molar-refractivity contribution in [2.75, 3.05) is 18.1 Å². The number of nitrogens with zero attached hydrogens (tertiary/aromatic N) is 2. The molecule has 0 atom stereocenters. The molecule has 1 aromatic carbocycles. The van der Waals surface area contributed by atoms with Crippen molar-refractivity contribution in [1.29, 1.82) is 0 Å². The minimum atomic E-state index is -3.22. The number of benzene rings is 1. The topological polar surface area (TPSA) is 92.5 Å². The number of nitrogens with one attached hydrogen (secondary N) is 1. The number of hydrogen-bond acceptors (Lipinski definition) is 5. The van der Waals surface area contributed by atoms with Gasteiger partial charge in [0.2, 0.25) is 15.8 Å². The number of amides is 1. The fourth-order valence-electron chi connectivity index (χ4n) is 2.64. The number of hydrogen-bond donors (Lipinski definition) is 1. The Labute approximate surface area is 134 Å². The maximum Gasteiger partial charge on any atom is 0.294 e. The average Bonchev–Trinajstić information content (AvgIpc) is 2.93. The van der Waals surface area contributed by atoms with Crippen molar-refractivity contribution in [3.63, 3.8) is 0 Å². The van der Waals surface area contributed by atoms with Crippen LogP contribution in [0, 0.1) is 6.92 Å². The Bertz CT molecular complexity index is 857. The molecule has 1 aliphatic heterocycles. The molecule has 1 aromatic heterocycles. The van der Waals surface area contributed by atoms with E-state index in [4.69, 9.17) is 4.52 Å². The van der Waals surface area contributed by atoms with Crippen LogP contribution < -0.4 is 5.32 Å². The molecule has 0 fully saturated rings. The molecule has 0 saturated heterocycles. The van der Waals surface area contributed by atoms with Gasteiger partial charge in [0, 0.05) is 24.8 Å². The molecule has 7 nitrogen and oxygen atoms in total. The summed E-state index contributed by atoms with van der Waals surface area (Å²) >= 11 is 0. The molecular formula is C15H17N3O4S. The number of sulfonamides is 1. The Kier molecular flexibility index (Phi) is 3.95. The lowest BCUT2D eigenvalue weighted by Crippen LogP contribution is -2.35. The van der Waals surface area contributed by atoms with Gasteiger partial charge in [-0.1, -0.05) is 17.3 Å². The van der Waals surface area contributed by atoms with Crippen molar-refractivity contribution >= 4 is 21.6 Å². The van der Waals surface area contributed by atoms with Gasteiger partial charge in [-0.3, -0.25) is 4.79 Å². The molecule has 23 heavy (non-hydrogen) atoms. The van der Waals surface area contributed by atoms with Crippen LogP contribution >= 0.6 is 0 Å². The predicted molar refractivity (Wildman–Crippen MR) is 84.6 cm³/mol. The lowest BCUT2D eigenvalue weighted by molar-refractivity contribution is 0.0987. The van der Waals surface area contributed by atoms with Crippen molar-refractivity contribution < 1.29 is 17.7 Å². The first-order valence-electron chi connectivity index (χ1n) is 7.15. The van der Waals surface area contributed by atoms with E-state index in [1.165, 1.54) is 10.6 Å². The van der Waals surface area contributed by atoms with Crippen molar-refractivity contribution in [2.24, 2.45) is 0 Å². The Morgan fingerprint density at radius 2 is 2.17 bits per heavy atom. The summed E-state index contributed by atoms with van der Waals surface area (Å²) in [6.07, 6.45) is 1.75. The standard InChI is InChI=1S/C15H17N3O4S/c1-10-8-14(22-17-10)15(19)16-13-5-3-4-11-9-18(23(2,20)21)7-6-12(11)13/h3-5,8H,6-7,9H2,1-2H3,(H,16,19). The van der Waals surface area contributed by atoms with Crippen LogP contribution in [0.1, 0.15) is 27.4 Å². The summed E-state index contributed by atoms with van der Waals surface area (Å²) in [7, 11) is -3.22. The van der Waals surface area contributed by atoms with E-state index in [0.717, 1.165) is 11.1 Å². The molecule has 1 N–H and O–H groups in total. The Morgan fingerprint density at radius 1 is 1.39 bits per heavy atom. The molecule has 3 rings (SSSR count). The molecule has 0 radical (unpaired) electrons. The smallest absolute Gasteiger partial charge is 0.294 e. The molecule has 0 spiro atoms. The monoisotopic (exact) mass is 335 g/mol. The highest BCUT2D eigenvalue weighted by Crippen LogP contribution is 2.27. The van der Waals surface area contributed by atoms with Gasteiger partial charge in [-0.25, -0.2) is 8.42 Å². The van der Waals surface area contributed by atoms with E-state index in [2.05, 4.69) is 10.5 Å². The number of carbonyl (C=O) groups is 1. The molecule has 0 bridgehead atoms. The third-order valence-corrected chi connectivity index (χ3v) is 5.05. The van der Waals surface area contributed by atoms with Gasteiger partial charge in [0.05, 0.1) is 11.9 Å². The quantitative estimate of drug-likeness (QED) is 0.919. The molecule has 8 heteroatoms. The van der Waals surface area contributed by atoms with Gasteiger partial charge in [-0.05, 0) is 30.5 Å². The summed E-state index contributed by atoms with van der Waals surface area (Å²) in [5, 5.41) is 6.51. The highest BCUT2D eigenvalue weighted by atomic mass is 32.2. The number of carbonyl (C=O) groups excluding carboxylic acids is 1. The number of aryl methyl sites for hydroxylation is 1. The zero-order chi connectivity index (χ0) is 16.6. The number of aromatic nitrogens is 1. The van der Waals surface area contributed by atoms with E-state index in [-0.39, 0.29) is 11.7 Å². The summed E-state index contributed by atoms with van der Waals surface area (Å²) < 4.78 is 29.8. The summed E-state index contributed by atoms with van der Waals surface area (Å²) in [5.41, 5.74) is 3.16. The van der Waals surface area contributed by atoms with Crippen molar-refractivity contribution in [2.45, 2.75) is 19.9 Å². The second kappa shape index (κ2) is 5.78. The Balaban J connectivity index is 1.84. The largest absolute Gasteiger partial charge is 0.351 e. The highest BCUT2D eigenvalue weighted by Gasteiger charge is 2.25. The SMILES string of the molecule is Cc1cc(C(=O)Nc2cccc3c2CCN(S(C)(=O)=O)C3)on1. The molecule has 2 aromatic rings. The second-order valence-electron chi connectivity index (χ2n) is 5.58. The fraction of sp³-hybridized carbons (Fsp3) is 0.333. The van der Waals surface area contributed by atoms with Gasteiger partial charge in [0.25, 0.3) is 5.91 Å². The maximum absolute atomic E-state index is 12.2. The Hall–Kier alpha value is -2.19. The van der Waals surface area contributed by atoms with E-state index >= 15 is 0 Å². The first kappa shape index (κ1) is 15.7. The molecule has 0 saturated carbocycles. The lowest BCUT2D eigenvalue weighted by atomic mass is 9.99. The summed E-state index contributed by atoms with van der Waals surface area (Å²) in [6, 6.07) is 7.04. The average molecular weight is 335 g/mol. The van der Waals surface area contributed by atoms with Gasteiger partial charge in [-0.2, -0.15) is 4.31 Å². The van der Waals surface area contributed by atoms with Gasteiger partial charge in [-0.15, -0.1) is 0 Å². The molecule has 1 amide bonds. The molecule has 1 aliphatic rings. The Morgan fingerprint density at radius 3 is 2.83 bits per heavy atom. The predicted octanol–water partition coefficient (Wildman–Crippen LogP) is 1.55. The lowest BCUT2D eigenvalue weighted by Gasteiger charge is -2.28. The molecular weight excluding hydrogens is 318 g/mol. The second-order valence-corrected chi connectivity index (χ2v) is 7.56. The van der Waals surface area contributed by atoms with Crippen molar-refractivity contribution in [3.8, 4) is 0 Å². The first-order chi connectivity index (χ1) is 10.8. The van der Waals surface area contributed by atoms with Crippen LogP contribution in [0.15, 0.2) is 28.8 Å². The number of rotatable bonds is 3. The van der Waals surface area contributed by atoms with E-state index in [0.29, 0.717) is 30.9 Å². The van der Waals surface area contributed by atoms with Crippen LogP contribution in [0.4, 0.5) is 5.69 Å². The maximum atomic E-state index is 12.2. The first-order valence-corrected chi connectivity index (χ1v) is 9.00. The highest BCUT2D eigenvalue weighted by molar-refractivity contribution is 7.88. The zero-order valence-corrected chi connectivity index (χ0v) is 13.7. The fourth-order valence-corrected chi connectivity index (χ4v) is 3.43. The van der Waals surface area contributed by atoms with Gasteiger partial charge in [0.1, 0.15) is 0 Å². The van der Waals surface area contributed by atoms with E-state index in [1.807, 2.05) is 6.07 Å². The minimum absolute atomic E-state index is 0.147. The number of fused-ring (bicyclic) bond motifs is 1. The zero-order valence-electron chi connectivity index (χ0n) is 12.9. The van der Waals surface area contributed by atoms with Crippen LogP contribution in [0.3, 0.4) is 0 Å².